The van der Waals surface area contributed by atoms with Crippen LogP contribution in [0.15, 0.2) is 5.16 Å². The lowest BCUT2D eigenvalue weighted by Gasteiger charge is -2.16. The zero-order valence-corrected chi connectivity index (χ0v) is 11.4. The number of carbonyl (C=O) groups excluding carboxylic acids is 2. The first-order valence-corrected chi connectivity index (χ1v) is 5.82. The highest BCUT2D eigenvalue weighted by molar-refractivity contribution is 6.28. The molecule has 0 spiro atoms. The van der Waals surface area contributed by atoms with E-state index in [0.29, 0.717) is 12.8 Å². The van der Waals surface area contributed by atoms with Gasteiger partial charge in [0.25, 0.3) is 0 Å². The van der Waals surface area contributed by atoms with Crippen LogP contribution in [0.3, 0.4) is 0 Å². The minimum absolute atomic E-state index is 0.303. The number of hydrogen-bond donors (Lipinski definition) is 0. The number of halogens is 1. The summed E-state index contributed by atoms with van der Waals surface area (Å²) in [5.74, 6) is -0.871. The largest absolute Gasteiger partial charge is 0.442 e. The van der Waals surface area contributed by atoms with E-state index in [1.54, 1.807) is 0 Å². The number of imide groups is 1. The highest BCUT2D eigenvalue weighted by Gasteiger charge is 2.18. The molecule has 0 aromatic carbocycles. The van der Waals surface area contributed by atoms with Gasteiger partial charge in [0.2, 0.25) is 5.91 Å². The lowest BCUT2D eigenvalue weighted by molar-refractivity contribution is -0.125. The summed E-state index contributed by atoms with van der Waals surface area (Å²) in [5, 5.41) is 12.0. The topological polar surface area (TPSA) is 82.8 Å². The van der Waals surface area contributed by atoms with Crippen LogP contribution in [0.4, 0.5) is 4.79 Å². The van der Waals surface area contributed by atoms with Crippen LogP contribution in [-0.2, 0) is 9.63 Å². The number of hydrogen-bond acceptors (Lipinski definition) is 5. The Labute approximate surface area is 111 Å². The van der Waals surface area contributed by atoms with Crippen LogP contribution >= 0.6 is 11.6 Å². The van der Waals surface area contributed by atoms with Crippen molar-refractivity contribution in [3.63, 3.8) is 0 Å². The molecule has 7 heteroatoms. The standard InChI is InChI=1S/C11H16ClN3O3/c1-11(2,5-4-6-13)8-14-18-10(17)15(3)9(16)7-12/h8H,4-5,7H2,1-3H3. The van der Waals surface area contributed by atoms with Crippen molar-refractivity contribution in [2.24, 2.45) is 10.6 Å². The second kappa shape index (κ2) is 7.67. The highest BCUT2D eigenvalue weighted by Crippen LogP contribution is 2.19. The molecule has 0 fully saturated rings. The molecule has 100 valence electrons. The predicted molar refractivity (Wildman–Crippen MR) is 67.1 cm³/mol. The quantitative estimate of drug-likeness (QED) is 0.332. The van der Waals surface area contributed by atoms with Gasteiger partial charge in [-0.2, -0.15) is 5.26 Å². The van der Waals surface area contributed by atoms with Crippen molar-refractivity contribution >= 4 is 29.8 Å². The number of nitrogens with zero attached hydrogens (tertiary/aromatic N) is 3. The molecule has 0 heterocycles. The first-order valence-electron chi connectivity index (χ1n) is 5.29. The molecule has 0 saturated heterocycles. The molecule has 0 aromatic rings. The van der Waals surface area contributed by atoms with Crippen molar-refractivity contribution in [2.75, 3.05) is 12.9 Å². The van der Waals surface area contributed by atoms with Crippen LogP contribution in [0.1, 0.15) is 26.7 Å². The van der Waals surface area contributed by atoms with Crippen LogP contribution in [0.25, 0.3) is 0 Å². The highest BCUT2D eigenvalue weighted by atomic mass is 35.5. The van der Waals surface area contributed by atoms with Gasteiger partial charge in [-0.25, -0.2) is 9.69 Å². The summed E-state index contributed by atoms with van der Waals surface area (Å²) in [5.41, 5.74) is -0.356. The zero-order valence-electron chi connectivity index (χ0n) is 10.6. The third kappa shape index (κ3) is 6.21. The third-order valence-corrected chi connectivity index (χ3v) is 2.41. The van der Waals surface area contributed by atoms with E-state index in [1.807, 2.05) is 19.9 Å². The van der Waals surface area contributed by atoms with E-state index < -0.39 is 12.0 Å². The smallest absolute Gasteiger partial charge is 0.298 e. The summed E-state index contributed by atoms with van der Waals surface area (Å²) in [4.78, 5) is 27.6. The molecule has 2 amide bonds. The molecule has 18 heavy (non-hydrogen) atoms. The SMILES string of the molecule is CN(C(=O)CCl)C(=O)ON=CC(C)(C)CCC#N. The number of amides is 2. The lowest BCUT2D eigenvalue weighted by atomic mass is 9.90. The fourth-order valence-corrected chi connectivity index (χ4v) is 1.09. The molecule has 6 nitrogen and oxygen atoms in total. The minimum atomic E-state index is -0.895. The van der Waals surface area contributed by atoms with Gasteiger partial charge in [-0.05, 0) is 6.42 Å². The Morgan fingerprint density at radius 2 is 2.17 bits per heavy atom. The molecular formula is C11H16ClN3O3. The Balaban J connectivity index is 4.28. The Bertz CT molecular complexity index is 374. The molecule has 0 unspecified atom stereocenters. The summed E-state index contributed by atoms with van der Waals surface area (Å²) in [7, 11) is 1.25. The van der Waals surface area contributed by atoms with E-state index in [9.17, 15) is 9.59 Å². The van der Waals surface area contributed by atoms with Crippen LogP contribution in [-0.4, -0.2) is 36.0 Å². The van der Waals surface area contributed by atoms with Crippen LogP contribution < -0.4 is 0 Å². The van der Waals surface area contributed by atoms with Crippen molar-refractivity contribution in [2.45, 2.75) is 26.7 Å². The predicted octanol–water partition coefficient (Wildman–Crippen LogP) is 2.14. The zero-order chi connectivity index (χ0) is 14.2. The molecule has 0 atom stereocenters. The number of oxime groups is 1. The van der Waals surface area contributed by atoms with Crippen molar-refractivity contribution < 1.29 is 14.4 Å². The van der Waals surface area contributed by atoms with E-state index in [-0.39, 0.29) is 11.3 Å². The summed E-state index contributed by atoms with van der Waals surface area (Å²) >= 11 is 5.29. The van der Waals surface area contributed by atoms with Crippen molar-refractivity contribution in [3.05, 3.63) is 0 Å². The minimum Gasteiger partial charge on any atom is -0.298 e. The second-order valence-electron chi connectivity index (χ2n) is 4.32. The van der Waals surface area contributed by atoms with Gasteiger partial charge in [-0.3, -0.25) is 9.63 Å². The van der Waals surface area contributed by atoms with E-state index >= 15 is 0 Å². The van der Waals surface area contributed by atoms with Gasteiger partial charge < -0.3 is 0 Å². The number of carbonyl (C=O) groups is 2. The summed E-state index contributed by atoms with van der Waals surface area (Å²) in [6.07, 6.45) is 1.52. The van der Waals surface area contributed by atoms with Gasteiger partial charge in [0.05, 0.1) is 12.3 Å². The molecule has 0 saturated carbocycles. The summed E-state index contributed by atoms with van der Waals surface area (Å²) in [6, 6.07) is 2.03. The van der Waals surface area contributed by atoms with E-state index in [1.165, 1.54) is 13.3 Å². The normalized spacial score (nSPS) is 11.1. The molecule has 0 bridgehead atoms. The van der Waals surface area contributed by atoms with E-state index in [2.05, 4.69) is 9.99 Å². The van der Waals surface area contributed by atoms with E-state index in [4.69, 9.17) is 16.9 Å². The maximum atomic E-state index is 11.3. The van der Waals surface area contributed by atoms with Crippen molar-refractivity contribution in [1.29, 1.82) is 5.26 Å². The molecule has 0 aromatic heterocycles. The van der Waals surface area contributed by atoms with Gasteiger partial charge in [0, 0.05) is 18.9 Å². The monoisotopic (exact) mass is 273 g/mol. The number of nitriles is 1. The Morgan fingerprint density at radius 3 is 2.67 bits per heavy atom. The van der Waals surface area contributed by atoms with Crippen LogP contribution in [0.2, 0.25) is 0 Å². The average molecular weight is 274 g/mol. The first-order chi connectivity index (χ1) is 8.34. The van der Waals surface area contributed by atoms with Gasteiger partial charge >= 0.3 is 6.09 Å². The average Bonchev–Trinajstić information content (AvgIpc) is 2.34. The third-order valence-electron chi connectivity index (χ3n) is 2.18. The lowest BCUT2D eigenvalue weighted by Crippen LogP contribution is -2.33. The molecule has 0 rings (SSSR count). The number of rotatable bonds is 5. The van der Waals surface area contributed by atoms with Crippen molar-refractivity contribution in [1.82, 2.24) is 4.90 Å². The van der Waals surface area contributed by atoms with Gasteiger partial charge in [-0.15, -0.1) is 11.6 Å². The maximum absolute atomic E-state index is 11.3. The van der Waals surface area contributed by atoms with E-state index in [0.717, 1.165) is 4.90 Å². The molecular weight excluding hydrogens is 258 g/mol. The Hall–Kier alpha value is -1.61. The fourth-order valence-electron chi connectivity index (χ4n) is 0.909. The Morgan fingerprint density at radius 1 is 1.56 bits per heavy atom. The molecule has 0 radical (unpaired) electrons. The Kier molecular flexibility index (Phi) is 6.98. The van der Waals surface area contributed by atoms with Crippen LogP contribution in [0.5, 0.6) is 0 Å². The van der Waals surface area contributed by atoms with Gasteiger partial charge in [0.15, 0.2) is 0 Å². The number of alkyl halides is 1. The first kappa shape index (κ1) is 16.4. The molecule has 0 N–H and O–H groups in total. The van der Waals surface area contributed by atoms with Crippen molar-refractivity contribution in [3.8, 4) is 6.07 Å². The van der Waals surface area contributed by atoms with Gasteiger partial charge in [-0.1, -0.05) is 19.0 Å². The fraction of sp³-hybridized carbons (Fsp3) is 0.636. The maximum Gasteiger partial charge on any atom is 0.442 e. The molecule has 0 aliphatic carbocycles. The van der Waals surface area contributed by atoms with Gasteiger partial charge in [0.1, 0.15) is 5.88 Å². The van der Waals surface area contributed by atoms with Crippen LogP contribution in [0, 0.1) is 16.7 Å². The molecule has 0 aliphatic rings. The summed E-state index contributed by atoms with van der Waals surface area (Å²) < 4.78 is 0. The second-order valence-corrected chi connectivity index (χ2v) is 4.59. The molecule has 0 aliphatic heterocycles. The summed E-state index contributed by atoms with van der Waals surface area (Å²) in [6.45, 7) is 3.71.